The maximum Gasteiger partial charge on any atom is 0.244 e. The fourth-order valence-corrected chi connectivity index (χ4v) is 6.71. The van der Waals surface area contributed by atoms with Crippen LogP contribution in [-0.2, 0) is 17.6 Å². The Balaban J connectivity index is 1.10. The number of aryl methyl sites for hydroxylation is 2. The van der Waals surface area contributed by atoms with Crippen LogP contribution in [0.3, 0.4) is 0 Å². The van der Waals surface area contributed by atoms with E-state index in [-0.39, 0.29) is 11.9 Å². The van der Waals surface area contributed by atoms with E-state index in [9.17, 15) is 4.79 Å². The van der Waals surface area contributed by atoms with E-state index < -0.39 is 6.04 Å². The number of carbonyl (C=O) groups excluding carboxylic acids is 1. The molecule has 212 valence electrons. The molecule has 42 heavy (non-hydrogen) atoms. The highest BCUT2D eigenvalue weighted by Crippen LogP contribution is 2.37. The van der Waals surface area contributed by atoms with Crippen LogP contribution in [0.2, 0.25) is 0 Å². The minimum atomic E-state index is -0.413. The van der Waals surface area contributed by atoms with Gasteiger partial charge in [0.15, 0.2) is 5.65 Å². The molecule has 0 bridgehead atoms. The molecule has 1 saturated heterocycles. The molecule has 2 atom stereocenters. The third-order valence-corrected chi connectivity index (χ3v) is 9.08. The zero-order valence-electron chi connectivity index (χ0n) is 23.8. The standard InChI is InChI=1S/C34H35N6OP/c1-23(36-33-31(26-12-14-27(42)15-13-26)37-30-22-35-16-17-40(30)33)34(41)39-20-18-38(19-21-39)32-28-8-4-2-6-24(28)10-11-25-7-3-5-9-29(25)32/h2-9,12-17,22-23,32,36H,10-11,18-21,42H2,1H3. The van der Waals surface area contributed by atoms with E-state index in [1.54, 1.807) is 12.4 Å². The number of hydrogen-bond acceptors (Lipinski definition) is 5. The van der Waals surface area contributed by atoms with Crippen molar-refractivity contribution in [2.45, 2.75) is 31.8 Å². The molecule has 1 amide bonds. The molecule has 1 fully saturated rings. The van der Waals surface area contributed by atoms with E-state index in [1.165, 1.54) is 22.3 Å². The maximum atomic E-state index is 13.8. The number of hydrogen-bond donors (Lipinski definition) is 1. The number of imidazole rings is 1. The number of aromatic nitrogens is 3. The van der Waals surface area contributed by atoms with Gasteiger partial charge >= 0.3 is 0 Å². The van der Waals surface area contributed by atoms with Crippen LogP contribution < -0.4 is 10.6 Å². The number of nitrogens with zero attached hydrogens (tertiary/aromatic N) is 5. The average molecular weight is 575 g/mol. The molecule has 3 aromatic carbocycles. The average Bonchev–Trinajstić information content (AvgIpc) is 3.30. The van der Waals surface area contributed by atoms with Crippen LogP contribution in [0.4, 0.5) is 5.82 Å². The van der Waals surface area contributed by atoms with Crippen molar-refractivity contribution in [3.63, 3.8) is 0 Å². The van der Waals surface area contributed by atoms with Crippen molar-refractivity contribution < 1.29 is 4.79 Å². The van der Waals surface area contributed by atoms with Gasteiger partial charge in [-0.15, -0.1) is 9.24 Å². The molecule has 0 radical (unpaired) electrons. The van der Waals surface area contributed by atoms with Crippen molar-refractivity contribution >= 4 is 31.9 Å². The second kappa shape index (κ2) is 11.3. The molecule has 0 spiro atoms. The summed E-state index contributed by atoms with van der Waals surface area (Å²) >= 11 is 0. The Bertz CT molecular complexity index is 1690. The predicted molar refractivity (Wildman–Crippen MR) is 171 cm³/mol. The largest absolute Gasteiger partial charge is 0.358 e. The normalized spacial score (nSPS) is 16.5. The lowest BCUT2D eigenvalue weighted by atomic mass is 9.92. The molecular weight excluding hydrogens is 539 g/mol. The highest BCUT2D eigenvalue weighted by molar-refractivity contribution is 7.27. The Morgan fingerprint density at radius 3 is 2.21 bits per heavy atom. The van der Waals surface area contributed by atoms with Crippen LogP contribution in [0.5, 0.6) is 0 Å². The molecule has 1 aliphatic heterocycles. The summed E-state index contributed by atoms with van der Waals surface area (Å²) < 4.78 is 1.97. The first-order valence-corrected chi connectivity index (χ1v) is 15.3. The van der Waals surface area contributed by atoms with Crippen molar-refractivity contribution in [2.24, 2.45) is 0 Å². The number of amides is 1. The van der Waals surface area contributed by atoms with Crippen LogP contribution >= 0.6 is 9.24 Å². The van der Waals surface area contributed by atoms with Crippen LogP contribution in [0.1, 0.15) is 35.2 Å². The Morgan fingerprint density at radius 2 is 1.55 bits per heavy atom. The molecule has 2 aliphatic rings. The Hall–Kier alpha value is -4.06. The van der Waals surface area contributed by atoms with Gasteiger partial charge in [-0.2, -0.15) is 0 Å². The maximum absolute atomic E-state index is 13.8. The minimum absolute atomic E-state index is 0.103. The fourth-order valence-electron chi connectivity index (χ4n) is 6.52. The third-order valence-electron chi connectivity index (χ3n) is 8.69. The van der Waals surface area contributed by atoms with E-state index in [0.29, 0.717) is 13.1 Å². The van der Waals surface area contributed by atoms with Crippen molar-refractivity contribution in [3.8, 4) is 11.3 Å². The number of fused-ring (bicyclic) bond motifs is 3. The second-order valence-corrected chi connectivity index (χ2v) is 11.9. The van der Waals surface area contributed by atoms with Gasteiger partial charge < -0.3 is 10.2 Å². The second-order valence-electron chi connectivity index (χ2n) is 11.3. The molecule has 8 heteroatoms. The third kappa shape index (κ3) is 4.97. The SMILES string of the molecule is CC(Nc1c(-c2ccc(P)cc2)nc2cnccn12)C(=O)N1CCN(C2c3ccccc3CCc3ccccc32)CC1. The Morgan fingerprint density at radius 1 is 0.905 bits per heavy atom. The topological polar surface area (TPSA) is 65.8 Å². The first-order valence-electron chi connectivity index (χ1n) is 14.7. The summed E-state index contributed by atoms with van der Waals surface area (Å²) in [5.74, 6) is 0.904. The van der Waals surface area contributed by atoms with Gasteiger partial charge in [0.05, 0.1) is 12.2 Å². The lowest BCUT2D eigenvalue weighted by Gasteiger charge is -2.41. The molecule has 7 nitrogen and oxygen atoms in total. The van der Waals surface area contributed by atoms with Crippen LogP contribution in [0, 0.1) is 0 Å². The van der Waals surface area contributed by atoms with E-state index in [4.69, 9.17) is 4.98 Å². The number of piperazine rings is 1. The van der Waals surface area contributed by atoms with E-state index in [1.807, 2.05) is 34.6 Å². The number of benzene rings is 3. The van der Waals surface area contributed by atoms with E-state index in [0.717, 1.165) is 54.0 Å². The van der Waals surface area contributed by atoms with Gasteiger partial charge in [-0.1, -0.05) is 72.8 Å². The summed E-state index contributed by atoms with van der Waals surface area (Å²) in [4.78, 5) is 27.5. The quantitative estimate of drug-likeness (QED) is 0.308. The first kappa shape index (κ1) is 26.8. The summed E-state index contributed by atoms with van der Waals surface area (Å²) in [7, 11) is 2.72. The number of carbonyl (C=O) groups is 1. The van der Waals surface area contributed by atoms with Crippen molar-refractivity contribution in [1.29, 1.82) is 0 Å². The highest BCUT2D eigenvalue weighted by atomic mass is 31.0. The van der Waals surface area contributed by atoms with Gasteiger partial charge in [0, 0.05) is 44.1 Å². The van der Waals surface area contributed by atoms with E-state index in [2.05, 4.69) is 85.1 Å². The number of nitrogens with one attached hydrogen (secondary N) is 1. The molecule has 1 aliphatic carbocycles. The molecule has 2 aromatic heterocycles. The number of rotatable bonds is 5. The van der Waals surface area contributed by atoms with Crippen LogP contribution in [0.15, 0.2) is 91.4 Å². The van der Waals surface area contributed by atoms with Gasteiger partial charge in [-0.25, -0.2) is 4.98 Å². The van der Waals surface area contributed by atoms with Crippen molar-refractivity contribution in [1.82, 2.24) is 24.2 Å². The lowest BCUT2D eigenvalue weighted by Crippen LogP contribution is -2.53. The molecule has 0 saturated carbocycles. The zero-order chi connectivity index (χ0) is 28.6. The molecular formula is C34H35N6OP. The summed E-state index contributed by atoms with van der Waals surface area (Å²) in [6.45, 7) is 5.01. The molecule has 5 aromatic rings. The summed E-state index contributed by atoms with van der Waals surface area (Å²) in [6, 6.07) is 25.8. The predicted octanol–water partition coefficient (Wildman–Crippen LogP) is 4.73. The fraction of sp³-hybridized carbons (Fsp3) is 0.265. The Labute approximate surface area is 248 Å². The zero-order valence-corrected chi connectivity index (χ0v) is 24.9. The van der Waals surface area contributed by atoms with Crippen LogP contribution in [0.25, 0.3) is 16.9 Å². The molecule has 2 unspecified atom stereocenters. The smallest absolute Gasteiger partial charge is 0.244 e. The van der Waals surface area contributed by atoms with Gasteiger partial charge in [0.2, 0.25) is 5.91 Å². The molecule has 3 heterocycles. The van der Waals surface area contributed by atoms with Gasteiger partial charge in [0.1, 0.15) is 17.6 Å². The highest BCUT2D eigenvalue weighted by Gasteiger charge is 2.33. The van der Waals surface area contributed by atoms with Crippen LogP contribution in [-0.4, -0.2) is 62.3 Å². The number of anilines is 1. The van der Waals surface area contributed by atoms with Gasteiger partial charge in [-0.3, -0.25) is 19.1 Å². The van der Waals surface area contributed by atoms with Crippen molar-refractivity contribution in [2.75, 3.05) is 31.5 Å². The van der Waals surface area contributed by atoms with Gasteiger partial charge in [-0.05, 0) is 47.3 Å². The molecule has 7 rings (SSSR count). The lowest BCUT2D eigenvalue weighted by molar-refractivity contribution is -0.133. The monoisotopic (exact) mass is 574 g/mol. The van der Waals surface area contributed by atoms with Gasteiger partial charge in [0.25, 0.3) is 0 Å². The summed E-state index contributed by atoms with van der Waals surface area (Å²) in [6.07, 6.45) is 7.50. The van der Waals surface area contributed by atoms with E-state index >= 15 is 0 Å². The Kier molecular flexibility index (Phi) is 7.22. The minimum Gasteiger partial charge on any atom is -0.358 e. The summed E-state index contributed by atoms with van der Waals surface area (Å²) in [5, 5.41) is 4.62. The van der Waals surface area contributed by atoms with Crippen molar-refractivity contribution in [3.05, 3.63) is 114 Å². The summed E-state index contributed by atoms with van der Waals surface area (Å²) in [5.41, 5.74) is 8.21. The molecule has 1 N–H and O–H groups in total. The first-order chi connectivity index (χ1) is 20.6.